The molecule has 30 heavy (non-hydrogen) atoms. The highest BCUT2D eigenvalue weighted by Crippen LogP contribution is 2.26. The van der Waals surface area contributed by atoms with Crippen molar-refractivity contribution in [2.45, 2.75) is 38.3 Å². The van der Waals surface area contributed by atoms with Crippen LogP contribution in [-0.2, 0) is 4.79 Å². The maximum atomic E-state index is 11.4. The van der Waals surface area contributed by atoms with Gasteiger partial charge in [0.25, 0.3) is 0 Å². The molecule has 0 saturated carbocycles. The van der Waals surface area contributed by atoms with Crippen molar-refractivity contribution < 1.29 is 14.6 Å². The Bertz CT molecular complexity index is 958. The number of carboxylic acids is 1. The summed E-state index contributed by atoms with van der Waals surface area (Å²) in [6, 6.07) is 17.3. The van der Waals surface area contributed by atoms with E-state index in [0.717, 1.165) is 11.1 Å². The Morgan fingerprint density at radius 1 is 1.10 bits per heavy atom. The van der Waals surface area contributed by atoms with Gasteiger partial charge in [0.05, 0.1) is 18.4 Å². The predicted molar refractivity (Wildman–Crippen MR) is 116 cm³/mol. The third-order valence-electron chi connectivity index (χ3n) is 4.83. The molecule has 3 rings (SSSR count). The van der Waals surface area contributed by atoms with Crippen molar-refractivity contribution >= 4 is 11.9 Å². The normalized spacial score (nSPS) is 13.8. The van der Waals surface area contributed by atoms with Crippen molar-refractivity contribution in [3.8, 4) is 11.5 Å². The van der Waals surface area contributed by atoms with E-state index in [9.17, 15) is 9.90 Å². The van der Waals surface area contributed by atoms with Crippen LogP contribution in [-0.4, -0.2) is 26.6 Å². The number of hydrogen-bond donors (Lipinski definition) is 3. The Labute approximate surface area is 175 Å². The number of aromatic nitrogens is 2. The van der Waals surface area contributed by atoms with Crippen LogP contribution >= 0.6 is 0 Å². The SMILES string of the molecule is Cc1ccc(Oc2cnc(NC(CCC(C)(N)C(=O)O)c3ccccc3)nc2)cc1. The number of anilines is 1. The number of aryl methyl sites for hydroxylation is 1. The second kappa shape index (κ2) is 9.37. The van der Waals surface area contributed by atoms with E-state index in [2.05, 4.69) is 15.3 Å². The van der Waals surface area contributed by atoms with Gasteiger partial charge in [-0.1, -0.05) is 48.0 Å². The minimum absolute atomic E-state index is 0.183. The van der Waals surface area contributed by atoms with Crippen molar-refractivity contribution in [1.82, 2.24) is 9.97 Å². The van der Waals surface area contributed by atoms with E-state index < -0.39 is 11.5 Å². The highest BCUT2D eigenvalue weighted by Gasteiger charge is 2.29. The van der Waals surface area contributed by atoms with Crippen LogP contribution in [0.25, 0.3) is 0 Å². The second-order valence-corrected chi connectivity index (χ2v) is 7.53. The minimum atomic E-state index is -1.30. The molecule has 0 amide bonds. The molecule has 7 heteroatoms. The molecular formula is C23H26N4O3. The van der Waals surface area contributed by atoms with Gasteiger partial charge in [-0.25, -0.2) is 9.97 Å². The fourth-order valence-electron chi connectivity index (χ4n) is 2.90. The molecule has 7 nitrogen and oxygen atoms in total. The molecule has 4 N–H and O–H groups in total. The van der Waals surface area contributed by atoms with E-state index in [-0.39, 0.29) is 6.04 Å². The largest absolute Gasteiger partial charge is 0.480 e. The second-order valence-electron chi connectivity index (χ2n) is 7.53. The molecule has 0 aliphatic carbocycles. The summed E-state index contributed by atoms with van der Waals surface area (Å²) in [6.45, 7) is 3.53. The zero-order valence-corrected chi connectivity index (χ0v) is 17.1. The van der Waals surface area contributed by atoms with Crippen molar-refractivity contribution in [2.24, 2.45) is 5.73 Å². The maximum Gasteiger partial charge on any atom is 0.323 e. The summed E-state index contributed by atoms with van der Waals surface area (Å²) in [4.78, 5) is 20.0. The Morgan fingerprint density at radius 3 is 2.33 bits per heavy atom. The number of aliphatic carboxylic acids is 1. The van der Waals surface area contributed by atoms with Gasteiger partial charge in [-0.15, -0.1) is 0 Å². The molecule has 1 heterocycles. The van der Waals surface area contributed by atoms with Crippen molar-refractivity contribution in [1.29, 1.82) is 0 Å². The number of benzene rings is 2. The van der Waals surface area contributed by atoms with E-state index >= 15 is 0 Å². The van der Waals surface area contributed by atoms with Gasteiger partial charge in [0.15, 0.2) is 5.75 Å². The predicted octanol–water partition coefficient (Wildman–Crippen LogP) is 4.31. The van der Waals surface area contributed by atoms with Crippen molar-refractivity contribution in [2.75, 3.05) is 5.32 Å². The van der Waals surface area contributed by atoms with Crippen LogP contribution in [0, 0.1) is 6.92 Å². The van der Waals surface area contributed by atoms with Crippen molar-refractivity contribution in [3.05, 3.63) is 78.1 Å². The molecule has 0 spiro atoms. The maximum absolute atomic E-state index is 11.4. The Balaban J connectivity index is 1.70. The van der Waals surface area contributed by atoms with Crippen molar-refractivity contribution in [3.63, 3.8) is 0 Å². The third-order valence-corrected chi connectivity index (χ3v) is 4.83. The monoisotopic (exact) mass is 406 g/mol. The first-order valence-corrected chi connectivity index (χ1v) is 9.74. The minimum Gasteiger partial charge on any atom is -0.480 e. The lowest BCUT2D eigenvalue weighted by Gasteiger charge is -2.24. The molecule has 156 valence electrons. The first-order chi connectivity index (χ1) is 14.3. The lowest BCUT2D eigenvalue weighted by atomic mass is 9.92. The quantitative estimate of drug-likeness (QED) is 0.485. The Hall–Kier alpha value is -3.45. The number of nitrogens with one attached hydrogen (secondary N) is 1. The smallest absolute Gasteiger partial charge is 0.323 e. The summed E-state index contributed by atoms with van der Waals surface area (Å²) in [7, 11) is 0. The van der Waals surface area contributed by atoms with Crippen LogP contribution in [0.2, 0.25) is 0 Å². The van der Waals surface area contributed by atoms with E-state index in [0.29, 0.717) is 30.3 Å². The molecule has 3 aromatic rings. The molecule has 1 aromatic heterocycles. The first-order valence-electron chi connectivity index (χ1n) is 9.74. The van der Waals surface area contributed by atoms with Gasteiger partial charge in [0.1, 0.15) is 11.3 Å². The Kier molecular flexibility index (Phi) is 6.64. The van der Waals surface area contributed by atoms with Gasteiger partial charge < -0.3 is 20.9 Å². The number of nitrogens with two attached hydrogens (primary N) is 1. The van der Waals surface area contributed by atoms with Gasteiger partial charge in [-0.3, -0.25) is 4.79 Å². The molecule has 2 aromatic carbocycles. The molecule has 0 aliphatic rings. The fraction of sp³-hybridized carbons (Fsp3) is 0.261. The molecular weight excluding hydrogens is 380 g/mol. The zero-order chi connectivity index (χ0) is 21.6. The van der Waals surface area contributed by atoms with Gasteiger partial charge >= 0.3 is 5.97 Å². The number of carbonyl (C=O) groups is 1. The van der Waals surface area contributed by atoms with Crippen LogP contribution < -0.4 is 15.8 Å². The van der Waals surface area contributed by atoms with E-state index in [1.54, 1.807) is 12.4 Å². The van der Waals surface area contributed by atoms with Crippen LogP contribution in [0.15, 0.2) is 67.0 Å². The summed E-state index contributed by atoms with van der Waals surface area (Å²) >= 11 is 0. The average molecular weight is 406 g/mol. The van der Waals surface area contributed by atoms with Crippen LogP contribution in [0.5, 0.6) is 11.5 Å². The van der Waals surface area contributed by atoms with E-state index in [4.69, 9.17) is 10.5 Å². The molecule has 0 bridgehead atoms. The third kappa shape index (κ3) is 5.78. The molecule has 2 unspecified atom stereocenters. The summed E-state index contributed by atoms with van der Waals surface area (Å²) in [5.74, 6) is 0.640. The number of carboxylic acid groups (broad SMARTS) is 1. The molecule has 0 fully saturated rings. The van der Waals surface area contributed by atoms with Crippen LogP contribution in [0.4, 0.5) is 5.95 Å². The fourth-order valence-corrected chi connectivity index (χ4v) is 2.90. The number of hydrogen-bond acceptors (Lipinski definition) is 6. The van der Waals surface area contributed by atoms with E-state index in [1.807, 2.05) is 61.5 Å². The summed E-state index contributed by atoms with van der Waals surface area (Å²) in [5.41, 5.74) is 6.76. The zero-order valence-electron chi connectivity index (χ0n) is 17.1. The topological polar surface area (TPSA) is 110 Å². The summed E-state index contributed by atoms with van der Waals surface area (Å²) in [6.07, 6.45) is 4.00. The van der Waals surface area contributed by atoms with E-state index in [1.165, 1.54) is 6.92 Å². The lowest BCUT2D eigenvalue weighted by molar-refractivity contribution is -0.142. The van der Waals surface area contributed by atoms with Crippen LogP contribution in [0.1, 0.15) is 36.9 Å². The van der Waals surface area contributed by atoms with Crippen LogP contribution in [0.3, 0.4) is 0 Å². The molecule has 0 saturated heterocycles. The molecule has 0 aliphatic heterocycles. The standard InChI is InChI=1S/C23H26N4O3/c1-16-8-10-18(11-9-16)30-19-14-25-22(26-15-19)27-20(17-6-4-3-5-7-17)12-13-23(2,24)21(28)29/h3-11,14-15,20H,12-13,24H2,1-2H3,(H,28,29)(H,25,26,27). The number of nitrogens with zero attached hydrogens (tertiary/aromatic N) is 2. The average Bonchev–Trinajstić information content (AvgIpc) is 2.74. The summed E-state index contributed by atoms with van der Waals surface area (Å²) in [5, 5.41) is 12.6. The number of ether oxygens (including phenoxy) is 1. The molecule has 2 atom stereocenters. The van der Waals surface area contributed by atoms with Gasteiger partial charge in [0.2, 0.25) is 5.95 Å². The first kappa shape index (κ1) is 21.3. The lowest BCUT2D eigenvalue weighted by Crippen LogP contribution is -2.45. The Morgan fingerprint density at radius 2 is 1.73 bits per heavy atom. The van der Waals surface area contributed by atoms with Gasteiger partial charge in [-0.2, -0.15) is 0 Å². The molecule has 0 radical (unpaired) electrons. The number of rotatable bonds is 9. The highest BCUT2D eigenvalue weighted by atomic mass is 16.5. The van der Waals surface area contributed by atoms with Gasteiger partial charge in [-0.05, 0) is 44.4 Å². The van der Waals surface area contributed by atoms with Gasteiger partial charge in [0, 0.05) is 0 Å². The summed E-state index contributed by atoms with van der Waals surface area (Å²) < 4.78 is 5.76. The highest BCUT2D eigenvalue weighted by molar-refractivity contribution is 5.77.